The minimum absolute atomic E-state index is 0.101. The molecule has 2 aromatic carbocycles. The van der Waals surface area contributed by atoms with Gasteiger partial charge in [0.25, 0.3) is 5.91 Å². The van der Waals surface area contributed by atoms with Gasteiger partial charge < -0.3 is 15.4 Å². The lowest BCUT2D eigenvalue weighted by Gasteiger charge is -2.17. The number of aromatic nitrogens is 2. The predicted octanol–water partition coefficient (Wildman–Crippen LogP) is 2.66. The molecule has 1 aliphatic rings. The molecule has 4 rings (SSSR count). The molecule has 11 heteroatoms. The smallest absolute Gasteiger partial charge is 0.258 e. The summed E-state index contributed by atoms with van der Waals surface area (Å²) in [5.41, 5.74) is 4.99. The van der Waals surface area contributed by atoms with Gasteiger partial charge in [-0.2, -0.15) is 5.10 Å². The standard InChI is InChI=1S/C21H23F2N7O2/c1-11(2)25-18(31)10-32-19-15(22)7-12(8-16(19)23)20-27-21(30(3)29-20)26-14-4-5-17-13(6-14)9-24-28-17/h4-9,11,20,29H,10H2,1-3H3,(H,24,28)(H,25,31)(H,26,27). The first-order chi connectivity index (χ1) is 15.3. The number of carbonyl (C=O) groups excluding carboxylic acids is 1. The number of anilines is 1. The van der Waals surface area contributed by atoms with Crippen LogP contribution in [0, 0.1) is 11.6 Å². The zero-order chi connectivity index (χ0) is 22.8. The molecule has 2 heterocycles. The largest absolute Gasteiger partial charge is 0.478 e. The molecule has 1 aromatic heterocycles. The summed E-state index contributed by atoms with van der Waals surface area (Å²) in [6, 6.07) is 7.82. The summed E-state index contributed by atoms with van der Waals surface area (Å²) in [4.78, 5) is 16.2. The average molecular weight is 443 g/mol. The summed E-state index contributed by atoms with van der Waals surface area (Å²) in [5, 5.41) is 15.2. The van der Waals surface area contributed by atoms with E-state index in [0.717, 1.165) is 28.7 Å². The fraction of sp³-hybridized carbons (Fsp3) is 0.286. The Balaban J connectivity index is 1.48. The van der Waals surface area contributed by atoms with E-state index >= 15 is 0 Å². The molecule has 0 fully saturated rings. The fourth-order valence-corrected chi connectivity index (χ4v) is 3.27. The Morgan fingerprint density at radius 3 is 2.72 bits per heavy atom. The second-order valence-corrected chi connectivity index (χ2v) is 7.66. The molecule has 9 nitrogen and oxygen atoms in total. The maximum Gasteiger partial charge on any atom is 0.258 e. The van der Waals surface area contributed by atoms with Gasteiger partial charge in [-0.1, -0.05) is 0 Å². The summed E-state index contributed by atoms with van der Waals surface area (Å²) >= 11 is 0. The topological polar surface area (TPSA) is 107 Å². The van der Waals surface area contributed by atoms with Crippen molar-refractivity contribution < 1.29 is 18.3 Å². The third-order valence-corrected chi connectivity index (χ3v) is 4.71. The minimum atomic E-state index is -0.913. The molecule has 0 saturated heterocycles. The van der Waals surface area contributed by atoms with Gasteiger partial charge in [-0.25, -0.2) is 19.2 Å². The maximum atomic E-state index is 14.5. The van der Waals surface area contributed by atoms with Gasteiger partial charge in [-0.15, -0.1) is 0 Å². The highest BCUT2D eigenvalue weighted by molar-refractivity contribution is 5.96. The maximum absolute atomic E-state index is 14.5. The van der Waals surface area contributed by atoms with Crippen LogP contribution in [0.4, 0.5) is 14.5 Å². The third-order valence-electron chi connectivity index (χ3n) is 4.71. The number of nitrogens with zero attached hydrogens (tertiary/aromatic N) is 3. The number of rotatable bonds is 6. The Kier molecular flexibility index (Phi) is 5.91. The first-order valence-electron chi connectivity index (χ1n) is 9.99. The Bertz CT molecular complexity index is 1150. The number of fused-ring (bicyclic) bond motifs is 1. The molecule has 0 radical (unpaired) electrons. The molecular formula is C21H23F2N7O2. The van der Waals surface area contributed by atoms with Gasteiger partial charge in [-0.3, -0.25) is 14.9 Å². The van der Waals surface area contributed by atoms with Gasteiger partial charge in [-0.05, 0) is 49.7 Å². The van der Waals surface area contributed by atoms with Crippen molar-refractivity contribution in [2.75, 3.05) is 19.0 Å². The van der Waals surface area contributed by atoms with Crippen molar-refractivity contribution >= 4 is 28.5 Å². The van der Waals surface area contributed by atoms with Crippen LogP contribution in [0.1, 0.15) is 25.6 Å². The van der Waals surface area contributed by atoms with E-state index in [1.807, 2.05) is 18.2 Å². The van der Waals surface area contributed by atoms with Crippen molar-refractivity contribution in [3.05, 3.63) is 53.7 Å². The summed E-state index contributed by atoms with van der Waals surface area (Å²) in [7, 11) is 1.74. The van der Waals surface area contributed by atoms with Crippen molar-refractivity contribution in [3.63, 3.8) is 0 Å². The van der Waals surface area contributed by atoms with Gasteiger partial charge in [0, 0.05) is 24.2 Å². The van der Waals surface area contributed by atoms with Crippen molar-refractivity contribution in [2.45, 2.75) is 26.1 Å². The quantitative estimate of drug-likeness (QED) is 0.467. The molecule has 1 aliphatic heterocycles. The number of nitrogens with one attached hydrogen (secondary N) is 4. The summed E-state index contributed by atoms with van der Waals surface area (Å²) < 4.78 is 34.1. The predicted molar refractivity (Wildman–Crippen MR) is 116 cm³/mol. The SMILES string of the molecule is CC(C)NC(=O)COc1c(F)cc(C2N=C(Nc3ccc4[nH]ncc4c3)N(C)N2)cc1F. The number of ether oxygens (including phenoxy) is 1. The minimum Gasteiger partial charge on any atom is -0.478 e. The second-order valence-electron chi connectivity index (χ2n) is 7.66. The van der Waals surface area contributed by atoms with Gasteiger partial charge in [0.1, 0.15) is 6.17 Å². The molecule has 1 unspecified atom stereocenters. The number of amides is 1. The Hall–Kier alpha value is -3.73. The van der Waals surface area contributed by atoms with Gasteiger partial charge in [0.05, 0.1) is 11.7 Å². The molecule has 32 heavy (non-hydrogen) atoms. The number of hydrazine groups is 1. The van der Waals surface area contributed by atoms with Crippen LogP contribution < -0.4 is 20.8 Å². The van der Waals surface area contributed by atoms with Crippen molar-refractivity contribution in [1.29, 1.82) is 0 Å². The van der Waals surface area contributed by atoms with E-state index in [2.05, 4.69) is 31.2 Å². The zero-order valence-electron chi connectivity index (χ0n) is 17.7. The van der Waals surface area contributed by atoms with E-state index in [-0.39, 0.29) is 11.6 Å². The summed E-state index contributed by atoms with van der Waals surface area (Å²) in [5.74, 6) is -2.41. The van der Waals surface area contributed by atoms with E-state index in [4.69, 9.17) is 4.74 Å². The molecule has 1 atom stereocenters. The number of hydrogen-bond donors (Lipinski definition) is 4. The van der Waals surface area contributed by atoms with Crippen molar-refractivity contribution in [1.82, 2.24) is 25.9 Å². The first kappa shape index (κ1) is 21.5. The molecular weight excluding hydrogens is 420 g/mol. The van der Waals surface area contributed by atoms with Gasteiger partial charge in [0.2, 0.25) is 5.96 Å². The first-order valence-corrected chi connectivity index (χ1v) is 9.99. The number of aromatic amines is 1. The highest BCUT2D eigenvalue weighted by Crippen LogP contribution is 2.29. The van der Waals surface area contributed by atoms with Crippen LogP contribution in [0.25, 0.3) is 10.9 Å². The molecule has 168 valence electrons. The van der Waals surface area contributed by atoms with Crippen LogP contribution in [0.3, 0.4) is 0 Å². The zero-order valence-corrected chi connectivity index (χ0v) is 17.7. The van der Waals surface area contributed by atoms with E-state index < -0.39 is 36.1 Å². The summed E-state index contributed by atoms with van der Waals surface area (Å²) in [6.07, 6.45) is 1.01. The van der Waals surface area contributed by atoms with Crippen LogP contribution in [0.15, 0.2) is 41.5 Å². The number of carbonyl (C=O) groups is 1. The average Bonchev–Trinajstić information content (AvgIpc) is 3.33. The molecule has 0 aliphatic carbocycles. The number of H-pyrrole nitrogens is 1. The second kappa shape index (κ2) is 8.79. The normalized spacial score (nSPS) is 15.9. The highest BCUT2D eigenvalue weighted by atomic mass is 19.1. The molecule has 0 spiro atoms. The number of benzene rings is 2. The Labute approximate surface area is 182 Å². The number of guanidine groups is 1. The van der Waals surface area contributed by atoms with E-state index in [0.29, 0.717) is 5.96 Å². The third kappa shape index (κ3) is 4.62. The molecule has 0 bridgehead atoms. The Morgan fingerprint density at radius 1 is 1.25 bits per heavy atom. The van der Waals surface area contributed by atoms with E-state index in [1.165, 1.54) is 0 Å². The van der Waals surface area contributed by atoms with Crippen LogP contribution in [-0.2, 0) is 4.79 Å². The number of aliphatic imine (C=N–C) groups is 1. The van der Waals surface area contributed by atoms with Gasteiger partial charge in [0.15, 0.2) is 24.0 Å². The summed E-state index contributed by atoms with van der Waals surface area (Å²) in [6.45, 7) is 3.07. The van der Waals surface area contributed by atoms with Gasteiger partial charge >= 0.3 is 0 Å². The van der Waals surface area contributed by atoms with Crippen LogP contribution in [0.5, 0.6) is 5.75 Å². The van der Waals surface area contributed by atoms with Crippen LogP contribution in [-0.4, -0.2) is 46.8 Å². The van der Waals surface area contributed by atoms with Crippen molar-refractivity contribution in [2.24, 2.45) is 4.99 Å². The molecule has 4 N–H and O–H groups in total. The number of halogens is 2. The van der Waals surface area contributed by atoms with Crippen LogP contribution in [0.2, 0.25) is 0 Å². The lowest BCUT2D eigenvalue weighted by atomic mass is 10.1. The lowest BCUT2D eigenvalue weighted by Crippen LogP contribution is -2.37. The fourth-order valence-electron chi connectivity index (χ4n) is 3.27. The molecule has 1 amide bonds. The Morgan fingerprint density at radius 2 is 2.00 bits per heavy atom. The monoisotopic (exact) mass is 443 g/mol. The highest BCUT2D eigenvalue weighted by Gasteiger charge is 2.26. The lowest BCUT2D eigenvalue weighted by molar-refractivity contribution is -0.123. The van der Waals surface area contributed by atoms with E-state index in [1.54, 1.807) is 32.1 Å². The van der Waals surface area contributed by atoms with Crippen LogP contribution >= 0.6 is 0 Å². The molecule has 0 saturated carbocycles. The van der Waals surface area contributed by atoms with Crippen molar-refractivity contribution in [3.8, 4) is 5.75 Å². The van der Waals surface area contributed by atoms with E-state index in [9.17, 15) is 13.6 Å². The molecule has 3 aromatic rings. The number of hydrogen-bond acceptors (Lipinski definition) is 7.